The summed E-state index contributed by atoms with van der Waals surface area (Å²) in [6, 6.07) is 10.3. The lowest BCUT2D eigenvalue weighted by Crippen LogP contribution is -1.94. The van der Waals surface area contributed by atoms with Crippen molar-refractivity contribution in [3.05, 3.63) is 47.5 Å². The predicted molar refractivity (Wildman–Crippen MR) is 87.7 cm³/mol. The number of carbonyl (C=O) groups is 1. The normalized spacial score (nSPS) is 10.5. The maximum absolute atomic E-state index is 10.5. The highest BCUT2D eigenvalue weighted by Crippen LogP contribution is 2.13. The second-order valence-corrected chi connectivity index (χ2v) is 5.58. The minimum Gasteiger partial charge on any atom is -0.478 e. The number of carboxylic acids is 1. The number of nitrogens with zero attached hydrogens (tertiary/aromatic N) is 4. The number of benzene rings is 2. The first-order valence-corrected chi connectivity index (χ1v) is 7.91. The van der Waals surface area contributed by atoms with Crippen molar-refractivity contribution in [3.8, 4) is 0 Å². The van der Waals surface area contributed by atoms with E-state index in [1.807, 2.05) is 18.2 Å². The van der Waals surface area contributed by atoms with Crippen molar-refractivity contribution in [2.75, 3.05) is 0 Å². The molecule has 0 aliphatic heterocycles. The van der Waals surface area contributed by atoms with Crippen LogP contribution in [0, 0.1) is 0 Å². The van der Waals surface area contributed by atoms with E-state index in [1.54, 1.807) is 6.07 Å². The molecule has 0 aliphatic rings. The van der Waals surface area contributed by atoms with E-state index in [2.05, 4.69) is 17.5 Å². The Kier molecular flexibility index (Phi) is 4.51. The highest BCUT2D eigenvalue weighted by Gasteiger charge is 2.04. The van der Waals surface area contributed by atoms with Gasteiger partial charge in [-0.1, -0.05) is 6.07 Å². The van der Waals surface area contributed by atoms with Gasteiger partial charge in [-0.25, -0.2) is 4.79 Å². The number of carboxylic acid groups (broad SMARTS) is 1. The molecule has 4 rings (SSSR count). The van der Waals surface area contributed by atoms with Crippen LogP contribution in [0.15, 0.2) is 36.4 Å². The average Bonchev–Trinajstić information content (AvgIpc) is 3.22. The first-order valence-electron chi connectivity index (χ1n) is 6.45. The number of aromatic nitrogens is 4. The van der Waals surface area contributed by atoms with E-state index in [0.717, 1.165) is 33.8 Å². The van der Waals surface area contributed by atoms with Crippen molar-refractivity contribution in [2.24, 2.45) is 0 Å². The highest BCUT2D eigenvalue weighted by molar-refractivity contribution is 7.00. The van der Waals surface area contributed by atoms with Crippen LogP contribution in [0.2, 0.25) is 0 Å². The predicted octanol–water partition coefficient (Wildman–Crippen LogP) is 2.57. The zero-order valence-electron chi connectivity index (χ0n) is 11.6. The second-order valence-electron chi connectivity index (χ2n) is 4.52. The zero-order valence-corrected chi connectivity index (χ0v) is 13.2. The molecule has 0 saturated heterocycles. The third-order valence-corrected chi connectivity index (χ3v) is 4.11. The summed E-state index contributed by atoms with van der Waals surface area (Å²) in [4.78, 5) is 10.5. The summed E-state index contributed by atoms with van der Waals surface area (Å²) in [5, 5.41) is 17.4. The Bertz CT molecular complexity index is 967. The topological polar surface area (TPSA) is 109 Å². The monoisotopic (exact) mass is 346 g/mol. The van der Waals surface area contributed by atoms with Crippen molar-refractivity contribution in [1.29, 1.82) is 0 Å². The number of hydrogen-bond acceptors (Lipinski definition) is 8. The molecule has 23 heavy (non-hydrogen) atoms. The van der Waals surface area contributed by atoms with Crippen LogP contribution in [-0.2, 0) is 6.61 Å². The fraction of sp³-hybridized carbons (Fsp3) is 0.0714. The molecule has 0 spiro atoms. The second kappa shape index (κ2) is 6.73. The van der Waals surface area contributed by atoms with Crippen LogP contribution >= 0.6 is 23.5 Å². The van der Waals surface area contributed by atoms with Gasteiger partial charge < -0.3 is 10.2 Å². The summed E-state index contributed by atoms with van der Waals surface area (Å²) in [5.41, 5.74) is 4.26. The van der Waals surface area contributed by atoms with Crippen LogP contribution in [-0.4, -0.2) is 33.7 Å². The van der Waals surface area contributed by atoms with Crippen LogP contribution < -0.4 is 0 Å². The molecule has 2 aromatic heterocycles. The van der Waals surface area contributed by atoms with Gasteiger partial charge in [-0.3, -0.25) is 0 Å². The van der Waals surface area contributed by atoms with Crippen LogP contribution in [0.4, 0.5) is 0 Å². The van der Waals surface area contributed by atoms with Gasteiger partial charge in [0.25, 0.3) is 0 Å². The SMILES string of the molecule is O=C(O)c1ccc2nsnc2c1.OCc1ccc2nsnc2c1. The Morgan fingerprint density at radius 3 is 2.04 bits per heavy atom. The molecule has 0 bridgehead atoms. The van der Waals surface area contributed by atoms with E-state index in [4.69, 9.17) is 10.2 Å². The summed E-state index contributed by atoms with van der Waals surface area (Å²) in [6.45, 7) is 0.0630. The van der Waals surface area contributed by atoms with Crippen LogP contribution in [0.1, 0.15) is 15.9 Å². The van der Waals surface area contributed by atoms with Crippen molar-refractivity contribution in [1.82, 2.24) is 17.5 Å². The first-order chi connectivity index (χ1) is 11.2. The number of fused-ring (bicyclic) bond motifs is 2. The zero-order chi connectivity index (χ0) is 16.2. The molecule has 4 aromatic rings. The molecule has 2 aromatic carbocycles. The van der Waals surface area contributed by atoms with Crippen LogP contribution in [0.3, 0.4) is 0 Å². The van der Waals surface area contributed by atoms with E-state index in [9.17, 15) is 4.79 Å². The van der Waals surface area contributed by atoms with Gasteiger partial charge >= 0.3 is 5.97 Å². The van der Waals surface area contributed by atoms with Gasteiger partial charge in [-0.2, -0.15) is 17.5 Å². The number of aromatic carboxylic acids is 1. The Hall–Kier alpha value is -2.49. The van der Waals surface area contributed by atoms with Gasteiger partial charge in [0.1, 0.15) is 22.1 Å². The molecule has 0 unspecified atom stereocenters. The summed E-state index contributed by atoms with van der Waals surface area (Å²) in [6.07, 6.45) is 0. The summed E-state index contributed by atoms with van der Waals surface area (Å²) >= 11 is 2.27. The molecule has 0 amide bonds. The molecule has 2 heterocycles. The number of aliphatic hydroxyl groups is 1. The van der Waals surface area contributed by atoms with Crippen molar-refractivity contribution >= 4 is 51.5 Å². The van der Waals surface area contributed by atoms with Crippen molar-refractivity contribution in [2.45, 2.75) is 6.61 Å². The molecule has 2 N–H and O–H groups in total. The largest absolute Gasteiger partial charge is 0.478 e. The molecule has 116 valence electrons. The van der Waals surface area contributed by atoms with E-state index in [1.165, 1.54) is 23.9 Å². The van der Waals surface area contributed by atoms with E-state index >= 15 is 0 Å². The molecular formula is C14H10N4O3S2. The van der Waals surface area contributed by atoms with Gasteiger partial charge in [-0.15, -0.1) is 0 Å². The van der Waals surface area contributed by atoms with Crippen LogP contribution in [0.5, 0.6) is 0 Å². The van der Waals surface area contributed by atoms with Gasteiger partial charge in [0, 0.05) is 0 Å². The molecule has 0 aliphatic carbocycles. The van der Waals surface area contributed by atoms with Gasteiger partial charge in [0.05, 0.1) is 35.6 Å². The summed E-state index contributed by atoms with van der Waals surface area (Å²) in [5.74, 6) is -0.940. The summed E-state index contributed by atoms with van der Waals surface area (Å²) < 4.78 is 16.0. The fourth-order valence-corrected chi connectivity index (χ4v) is 2.88. The minimum atomic E-state index is -0.940. The Morgan fingerprint density at radius 2 is 1.43 bits per heavy atom. The lowest BCUT2D eigenvalue weighted by atomic mass is 10.2. The lowest BCUT2D eigenvalue weighted by molar-refractivity contribution is 0.0697. The van der Waals surface area contributed by atoms with Crippen molar-refractivity contribution in [3.63, 3.8) is 0 Å². The van der Waals surface area contributed by atoms with Crippen molar-refractivity contribution < 1.29 is 15.0 Å². The van der Waals surface area contributed by atoms with E-state index in [0.29, 0.717) is 5.52 Å². The minimum absolute atomic E-state index is 0.0630. The molecule has 0 radical (unpaired) electrons. The molecule has 0 fully saturated rings. The third-order valence-electron chi connectivity index (χ3n) is 3.00. The molecule has 0 saturated carbocycles. The highest BCUT2D eigenvalue weighted by atomic mass is 32.1. The van der Waals surface area contributed by atoms with Crippen LogP contribution in [0.25, 0.3) is 22.1 Å². The fourth-order valence-electron chi connectivity index (χ4n) is 1.84. The first kappa shape index (κ1) is 15.4. The Labute approximate surface area is 138 Å². The van der Waals surface area contributed by atoms with Gasteiger partial charge in [0.15, 0.2) is 0 Å². The van der Waals surface area contributed by atoms with E-state index < -0.39 is 5.97 Å². The lowest BCUT2D eigenvalue weighted by Gasteiger charge is -1.92. The maximum Gasteiger partial charge on any atom is 0.335 e. The maximum atomic E-state index is 10.5. The smallest absolute Gasteiger partial charge is 0.335 e. The average molecular weight is 346 g/mol. The Balaban J connectivity index is 0.000000136. The quantitative estimate of drug-likeness (QED) is 0.574. The van der Waals surface area contributed by atoms with Gasteiger partial charge in [-0.05, 0) is 35.9 Å². The Morgan fingerprint density at radius 1 is 0.870 bits per heavy atom. The summed E-state index contributed by atoms with van der Waals surface area (Å²) in [7, 11) is 0. The number of rotatable bonds is 2. The number of hydrogen-bond donors (Lipinski definition) is 2. The molecular weight excluding hydrogens is 336 g/mol. The standard InChI is InChI=1S/C7H4N2O2S.C7H6N2OS/c10-7(11)4-1-2-5-6(3-4)9-12-8-5;10-4-5-1-2-6-7(3-5)9-11-8-6/h1-3H,(H,10,11);1-3,10H,4H2. The molecule has 9 heteroatoms. The third kappa shape index (κ3) is 3.47. The van der Waals surface area contributed by atoms with Gasteiger partial charge in [0.2, 0.25) is 0 Å². The van der Waals surface area contributed by atoms with E-state index in [-0.39, 0.29) is 12.2 Å². The molecule has 7 nitrogen and oxygen atoms in total. The number of aliphatic hydroxyl groups excluding tert-OH is 1. The molecule has 0 atom stereocenters.